The second-order valence-electron chi connectivity index (χ2n) is 7.11. The molecule has 0 atom stereocenters. The molecule has 1 fully saturated rings. The zero-order chi connectivity index (χ0) is 20.5. The number of thiophene rings is 1. The first-order chi connectivity index (χ1) is 14.7. The van der Waals surface area contributed by atoms with Crippen LogP contribution in [0.5, 0.6) is 0 Å². The Morgan fingerprint density at radius 1 is 1.10 bits per heavy atom. The second-order valence-corrected chi connectivity index (χ2v) is 9.27. The molecule has 1 aromatic carbocycles. The third-order valence-electron chi connectivity index (χ3n) is 5.14. The fraction of sp³-hybridized carbons (Fsp3) is 0.350. The summed E-state index contributed by atoms with van der Waals surface area (Å²) in [5.41, 5.74) is 2.14. The molecule has 4 aromatic rings. The van der Waals surface area contributed by atoms with Gasteiger partial charge in [0.2, 0.25) is 5.16 Å². The molecule has 30 heavy (non-hydrogen) atoms. The number of hydrogen-bond acceptors (Lipinski definition) is 9. The van der Waals surface area contributed by atoms with Gasteiger partial charge in [-0.05, 0) is 53.7 Å². The number of benzene rings is 1. The topological polar surface area (TPSA) is 81.8 Å². The molecule has 10 heteroatoms. The molecule has 5 rings (SSSR count). The number of fused-ring (bicyclic) bond motifs is 1. The van der Waals surface area contributed by atoms with E-state index in [9.17, 15) is 0 Å². The predicted molar refractivity (Wildman–Crippen MR) is 116 cm³/mol. The van der Waals surface area contributed by atoms with Crippen LogP contribution in [0.25, 0.3) is 15.9 Å². The van der Waals surface area contributed by atoms with E-state index in [1.807, 2.05) is 30.3 Å². The van der Waals surface area contributed by atoms with E-state index < -0.39 is 0 Å². The second kappa shape index (κ2) is 8.38. The Morgan fingerprint density at radius 2 is 1.90 bits per heavy atom. The van der Waals surface area contributed by atoms with Crippen LogP contribution in [0.3, 0.4) is 0 Å². The lowest BCUT2D eigenvalue weighted by molar-refractivity contribution is 0.0330. The number of nitrogens with zero attached hydrogens (tertiary/aromatic N) is 7. The van der Waals surface area contributed by atoms with Crippen molar-refractivity contribution >= 4 is 33.3 Å². The Hall–Kier alpha value is -2.40. The van der Waals surface area contributed by atoms with Crippen molar-refractivity contribution in [3.05, 3.63) is 46.6 Å². The summed E-state index contributed by atoms with van der Waals surface area (Å²) in [6.45, 7) is 8.29. The Kier molecular flexibility index (Phi) is 5.47. The molecule has 1 aliphatic heterocycles. The fourth-order valence-electron chi connectivity index (χ4n) is 3.42. The first-order valence-electron chi connectivity index (χ1n) is 9.77. The number of aryl methyl sites for hydroxylation is 2. The minimum atomic E-state index is 0.682. The summed E-state index contributed by atoms with van der Waals surface area (Å²) in [6, 6.07) is 9.89. The van der Waals surface area contributed by atoms with E-state index in [4.69, 9.17) is 14.7 Å². The van der Waals surface area contributed by atoms with Gasteiger partial charge in [-0.3, -0.25) is 4.90 Å². The van der Waals surface area contributed by atoms with Gasteiger partial charge in [-0.1, -0.05) is 18.2 Å². The van der Waals surface area contributed by atoms with E-state index >= 15 is 0 Å². The molecule has 0 N–H and O–H groups in total. The third kappa shape index (κ3) is 3.83. The van der Waals surface area contributed by atoms with Crippen molar-refractivity contribution in [2.45, 2.75) is 30.6 Å². The number of tetrazole rings is 1. The van der Waals surface area contributed by atoms with E-state index in [1.165, 1.54) is 22.2 Å². The molecule has 4 heterocycles. The van der Waals surface area contributed by atoms with Crippen LogP contribution in [0.2, 0.25) is 0 Å². The van der Waals surface area contributed by atoms with Crippen LogP contribution >= 0.6 is 23.1 Å². The maximum atomic E-state index is 5.47. The number of morpholine rings is 1. The van der Waals surface area contributed by atoms with Gasteiger partial charge in [0.15, 0.2) is 0 Å². The molecular weight excluding hydrogens is 418 g/mol. The van der Waals surface area contributed by atoms with Crippen LogP contribution in [-0.2, 0) is 11.3 Å². The van der Waals surface area contributed by atoms with Crippen molar-refractivity contribution in [1.82, 2.24) is 35.1 Å². The molecule has 0 saturated carbocycles. The number of ether oxygens (including phenoxy) is 1. The number of rotatable bonds is 5. The summed E-state index contributed by atoms with van der Waals surface area (Å²) in [6.07, 6.45) is 0. The van der Waals surface area contributed by atoms with E-state index in [2.05, 4.69) is 34.3 Å². The smallest absolute Gasteiger partial charge is 0.220 e. The van der Waals surface area contributed by atoms with Gasteiger partial charge in [-0.2, -0.15) is 4.68 Å². The Morgan fingerprint density at radius 3 is 2.70 bits per heavy atom. The zero-order valence-corrected chi connectivity index (χ0v) is 18.4. The van der Waals surface area contributed by atoms with Crippen molar-refractivity contribution in [3.8, 4) is 5.69 Å². The van der Waals surface area contributed by atoms with E-state index in [-0.39, 0.29) is 0 Å². The van der Waals surface area contributed by atoms with Crippen LogP contribution in [-0.4, -0.2) is 61.4 Å². The lowest BCUT2D eigenvalue weighted by Crippen LogP contribution is -2.36. The highest BCUT2D eigenvalue weighted by Gasteiger charge is 2.20. The minimum Gasteiger partial charge on any atom is -0.379 e. The van der Waals surface area contributed by atoms with Crippen LogP contribution in [0.15, 0.2) is 40.5 Å². The molecule has 1 saturated heterocycles. The number of hydrogen-bond donors (Lipinski definition) is 0. The summed E-state index contributed by atoms with van der Waals surface area (Å²) in [5.74, 6) is 0.826. The standard InChI is InChI=1S/C20H21N7OS2/c1-13-14(2)29-18-17(13)19(22-16(21-18)12-26-8-10-28-11-9-26)30-20-23-24-25-27(20)15-6-4-3-5-7-15/h3-7H,8-12H2,1-2H3. The molecule has 0 unspecified atom stereocenters. The van der Waals surface area contributed by atoms with Crippen molar-refractivity contribution in [2.75, 3.05) is 26.3 Å². The van der Waals surface area contributed by atoms with Gasteiger partial charge in [0, 0.05) is 23.4 Å². The Labute approximate surface area is 182 Å². The van der Waals surface area contributed by atoms with Crippen molar-refractivity contribution in [2.24, 2.45) is 0 Å². The van der Waals surface area contributed by atoms with Gasteiger partial charge < -0.3 is 4.74 Å². The first-order valence-corrected chi connectivity index (χ1v) is 11.4. The van der Waals surface area contributed by atoms with E-state index in [0.717, 1.165) is 53.1 Å². The SMILES string of the molecule is Cc1sc2nc(CN3CCOCC3)nc(Sc3nnnn3-c3ccccc3)c2c1C. The van der Waals surface area contributed by atoms with Gasteiger partial charge in [-0.15, -0.1) is 16.4 Å². The summed E-state index contributed by atoms with van der Waals surface area (Å²) in [7, 11) is 0. The molecule has 0 bridgehead atoms. The van der Waals surface area contributed by atoms with Gasteiger partial charge in [-0.25, -0.2) is 9.97 Å². The van der Waals surface area contributed by atoms with E-state index in [1.54, 1.807) is 16.0 Å². The van der Waals surface area contributed by atoms with Crippen LogP contribution in [0.4, 0.5) is 0 Å². The molecule has 0 spiro atoms. The lowest BCUT2D eigenvalue weighted by atomic mass is 10.2. The normalized spacial score (nSPS) is 15.1. The minimum absolute atomic E-state index is 0.682. The van der Waals surface area contributed by atoms with Crippen LogP contribution < -0.4 is 0 Å². The Balaban J connectivity index is 1.54. The molecule has 154 valence electrons. The lowest BCUT2D eigenvalue weighted by Gasteiger charge is -2.25. The monoisotopic (exact) mass is 439 g/mol. The van der Waals surface area contributed by atoms with Gasteiger partial charge in [0.05, 0.1) is 25.4 Å². The van der Waals surface area contributed by atoms with E-state index in [0.29, 0.717) is 11.7 Å². The number of para-hydroxylation sites is 1. The summed E-state index contributed by atoms with van der Waals surface area (Å²) >= 11 is 3.20. The summed E-state index contributed by atoms with van der Waals surface area (Å²) < 4.78 is 7.21. The highest BCUT2D eigenvalue weighted by molar-refractivity contribution is 7.99. The zero-order valence-electron chi connectivity index (χ0n) is 16.8. The fourth-order valence-corrected chi connectivity index (χ4v) is 5.51. The highest BCUT2D eigenvalue weighted by atomic mass is 32.2. The quantitative estimate of drug-likeness (QED) is 0.438. The average molecular weight is 440 g/mol. The Bertz CT molecular complexity index is 1170. The maximum absolute atomic E-state index is 5.47. The molecule has 8 nitrogen and oxygen atoms in total. The van der Waals surface area contributed by atoms with Gasteiger partial charge >= 0.3 is 0 Å². The predicted octanol–water partition coefficient (Wildman–Crippen LogP) is 3.27. The van der Waals surface area contributed by atoms with Crippen LogP contribution in [0, 0.1) is 13.8 Å². The molecule has 0 aliphatic carbocycles. The molecule has 0 amide bonds. The number of aromatic nitrogens is 6. The highest BCUT2D eigenvalue weighted by Crippen LogP contribution is 2.37. The van der Waals surface area contributed by atoms with Gasteiger partial charge in [0.25, 0.3) is 0 Å². The largest absolute Gasteiger partial charge is 0.379 e. The van der Waals surface area contributed by atoms with Crippen molar-refractivity contribution in [3.63, 3.8) is 0 Å². The molecular formula is C20H21N7OS2. The van der Waals surface area contributed by atoms with Gasteiger partial charge in [0.1, 0.15) is 15.7 Å². The third-order valence-corrected chi connectivity index (χ3v) is 7.17. The van der Waals surface area contributed by atoms with Crippen LogP contribution in [0.1, 0.15) is 16.3 Å². The maximum Gasteiger partial charge on any atom is 0.220 e. The average Bonchev–Trinajstić information content (AvgIpc) is 3.33. The molecule has 3 aromatic heterocycles. The summed E-state index contributed by atoms with van der Waals surface area (Å²) in [4.78, 5) is 14.4. The van der Waals surface area contributed by atoms with Crippen molar-refractivity contribution < 1.29 is 4.74 Å². The summed E-state index contributed by atoms with van der Waals surface area (Å²) in [5, 5.41) is 15.0. The van der Waals surface area contributed by atoms with Crippen molar-refractivity contribution in [1.29, 1.82) is 0 Å². The molecule has 0 radical (unpaired) electrons. The first kappa shape index (κ1) is 19.6. The molecule has 1 aliphatic rings.